The molecule has 0 aliphatic carbocycles. The molecule has 0 bridgehead atoms. The summed E-state index contributed by atoms with van der Waals surface area (Å²) in [5.74, 6) is 0.0851. The highest BCUT2D eigenvalue weighted by molar-refractivity contribution is 7.16. The number of thiophene rings is 1. The maximum Gasteiger partial charge on any atom is 0.324 e. The lowest BCUT2D eigenvalue weighted by Crippen LogP contribution is -2.63. The molecule has 46 heavy (non-hydrogen) atoms. The van der Waals surface area contributed by atoms with Gasteiger partial charge < -0.3 is 25.6 Å². The van der Waals surface area contributed by atoms with Crippen molar-refractivity contribution in [3.05, 3.63) is 58.6 Å². The van der Waals surface area contributed by atoms with Gasteiger partial charge in [-0.3, -0.25) is 19.8 Å². The average molecular weight is 648 g/mol. The number of amides is 4. The fourth-order valence-electron chi connectivity index (χ4n) is 5.53. The Labute approximate surface area is 275 Å². The smallest absolute Gasteiger partial charge is 0.324 e. The number of nitrogens with one attached hydrogen (secondary N) is 4. The molecule has 2 aliphatic rings. The second kappa shape index (κ2) is 13.8. The minimum absolute atomic E-state index is 0.205. The maximum atomic E-state index is 13.8. The van der Waals surface area contributed by atoms with Gasteiger partial charge in [-0.1, -0.05) is 26.8 Å². The molecular weight excluding hydrogens is 602 g/mol. The van der Waals surface area contributed by atoms with E-state index in [9.17, 15) is 14.4 Å². The summed E-state index contributed by atoms with van der Waals surface area (Å²) in [6, 6.07) is 10.9. The lowest BCUT2D eigenvalue weighted by atomic mass is 9.93. The Morgan fingerprint density at radius 3 is 2.50 bits per heavy atom. The first-order chi connectivity index (χ1) is 21.8. The molecule has 0 radical (unpaired) electrons. The Balaban J connectivity index is 1.28. The van der Waals surface area contributed by atoms with Gasteiger partial charge in [-0.25, -0.2) is 9.78 Å². The molecule has 12 heteroatoms. The topological polar surface area (TPSA) is 128 Å². The normalized spacial score (nSPS) is 16.9. The van der Waals surface area contributed by atoms with Gasteiger partial charge in [0.1, 0.15) is 17.1 Å². The van der Waals surface area contributed by atoms with Gasteiger partial charge in [0.25, 0.3) is 5.91 Å². The van der Waals surface area contributed by atoms with Crippen LogP contribution in [0.4, 0.5) is 15.5 Å². The van der Waals surface area contributed by atoms with Crippen LogP contribution in [-0.2, 0) is 10.2 Å². The second-order valence-corrected chi connectivity index (χ2v) is 14.4. The summed E-state index contributed by atoms with van der Waals surface area (Å²) in [5, 5.41) is 12.5. The van der Waals surface area contributed by atoms with Crippen LogP contribution in [-0.4, -0.2) is 90.6 Å². The molecule has 2 aromatic heterocycles. The molecule has 5 rings (SSSR count). The van der Waals surface area contributed by atoms with E-state index in [1.54, 1.807) is 24.9 Å². The Morgan fingerprint density at radius 2 is 1.80 bits per heavy atom. The van der Waals surface area contributed by atoms with Crippen molar-refractivity contribution in [2.75, 3.05) is 63.1 Å². The monoisotopic (exact) mass is 647 g/mol. The molecule has 4 amide bonds. The zero-order valence-corrected chi connectivity index (χ0v) is 28.4. The van der Waals surface area contributed by atoms with Crippen LogP contribution < -0.4 is 26.0 Å². The molecule has 246 valence electrons. The molecule has 3 aromatic rings. The number of benzene rings is 1. The first-order valence-electron chi connectivity index (χ1n) is 15.8. The molecule has 0 saturated carbocycles. The zero-order chi connectivity index (χ0) is 33.1. The third-order valence-corrected chi connectivity index (χ3v) is 9.91. The van der Waals surface area contributed by atoms with Crippen LogP contribution in [0.15, 0.2) is 42.6 Å². The quantitative estimate of drug-likeness (QED) is 0.279. The van der Waals surface area contributed by atoms with Crippen molar-refractivity contribution in [2.45, 2.75) is 52.5 Å². The van der Waals surface area contributed by atoms with Crippen LogP contribution in [0.5, 0.6) is 5.88 Å². The van der Waals surface area contributed by atoms with Crippen LogP contribution in [0.1, 0.15) is 55.4 Å². The Morgan fingerprint density at radius 1 is 1.04 bits per heavy atom. The maximum absolute atomic E-state index is 13.8. The molecule has 0 spiro atoms. The molecule has 4 N–H and O–H groups in total. The third kappa shape index (κ3) is 7.68. The van der Waals surface area contributed by atoms with Crippen molar-refractivity contribution < 1.29 is 19.1 Å². The van der Waals surface area contributed by atoms with E-state index < -0.39 is 11.6 Å². The lowest BCUT2D eigenvalue weighted by Gasteiger charge is -2.41. The zero-order valence-electron chi connectivity index (χ0n) is 27.6. The predicted molar refractivity (Wildman–Crippen MR) is 183 cm³/mol. The molecule has 2 saturated heterocycles. The van der Waals surface area contributed by atoms with E-state index in [0.29, 0.717) is 41.8 Å². The molecule has 4 heterocycles. The summed E-state index contributed by atoms with van der Waals surface area (Å²) in [7, 11) is 0. The number of aryl methyl sites for hydroxylation is 1. The van der Waals surface area contributed by atoms with E-state index in [-0.39, 0.29) is 17.2 Å². The highest BCUT2D eigenvalue weighted by Gasteiger charge is 2.42. The molecule has 2 fully saturated rings. The number of rotatable bonds is 8. The van der Waals surface area contributed by atoms with Crippen molar-refractivity contribution in [1.82, 2.24) is 25.4 Å². The summed E-state index contributed by atoms with van der Waals surface area (Å²) in [4.78, 5) is 49.1. The van der Waals surface area contributed by atoms with Crippen molar-refractivity contribution in [3.8, 4) is 17.0 Å². The fraction of sp³-hybridized carbons (Fsp3) is 0.471. The van der Waals surface area contributed by atoms with E-state index in [1.165, 1.54) is 11.3 Å². The van der Waals surface area contributed by atoms with Gasteiger partial charge in [-0.15, -0.1) is 11.3 Å². The SMILES string of the molecule is Cc1ccc(NC(=O)Nc2sc(C(C)(C)C)cc2C(=O)N2CCNC(=O)C2(C)C)cc1-c1ccc(OCCN2CCNCC2)nc1. The van der Waals surface area contributed by atoms with E-state index in [0.717, 1.165) is 54.3 Å². The standard InChI is InChI=1S/C34H45N7O4S/c1-22-7-9-24(19-25(22)23-8-10-28(37-21-23)45-18-17-40-14-11-35-12-15-40)38-32(44)39-29-26(20-27(46-29)33(2,3)4)30(42)41-16-13-36-31(43)34(41,5)6/h7-10,19-21,35H,11-18H2,1-6H3,(H,36,43)(H2,38,39,44). The molecule has 1 aromatic carbocycles. The number of urea groups is 1. The van der Waals surface area contributed by atoms with Crippen LogP contribution in [0.25, 0.3) is 11.1 Å². The predicted octanol–water partition coefficient (Wildman–Crippen LogP) is 4.69. The van der Waals surface area contributed by atoms with Gasteiger partial charge >= 0.3 is 6.03 Å². The third-order valence-electron chi connectivity index (χ3n) is 8.44. The largest absolute Gasteiger partial charge is 0.476 e. The minimum Gasteiger partial charge on any atom is -0.476 e. The summed E-state index contributed by atoms with van der Waals surface area (Å²) in [6.07, 6.45) is 1.78. The highest BCUT2D eigenvalue weighted by atomic mass is 32.1. The molecule has 0 unspecified atom stereocenters. The molecule has 0 atom stereocenters. The van der Waals surface area contributed by atoms with Gasteiger partial charge in [-0.2, -0.15) is 0 Å². The number of pyridine rings is 1. The summed E-state index contributed by atoms with van der Waals surface area (Å²) in [5.41, 5.74) is 2.60. The lowest BCUT2D eigenvalue weighted by molar-refractivity contribution is -0.133. The number of anilines is 2. The van der Waals surface area contributed by atoms with Crippen molar-refractivity contribution in [3.63, 3.8) is 0 Å². The van der Waals surface area contributed by atoms with Crippen LogP contribution >= 0.6 is 11.3 Å². The van der Waals surface area contributed by atoms with Crippen LogP contribution in [0, 0.1) is 6.92 Å². The number of ether oxygens (including phenoxy) is 1. The van der Waals surface area contributed by atoms with Crippen LogP contribution in [0.3, 0.4) is 0 Å². The number of nitrogens with zero attached hydrogens (tertiary/aromatic N) is 3. The fourth-order valence-corrected chi connectivity index (χ4v) is 6.63. The van der Waals surface area contributed by atoms with Crippen molar-refractivity contribution >= 4 is 39.9 Å². The number of piperazine rings is 2. The Kier molecular flexibility index (Phi) is 9.99. The van der Waals surface area contributed by atoms with Gasteiger partial charge in [0, 0.05) is 74.2 Å². The van der Waals surface area contributed by atoms with Gasteiger partial charge in [0.15, 0.2) is 0 Å². The second-order valence-electron chi connectivity index (χ2n) is 13.3. The van der Waals surface area contributed by atoms with E-state index in [2.05, 4.69) is 51.9 Å². The minimum atomic E-state index is -1.01. The number of aromatic nitrogens is 1. The molecule has 11 nitrogen and oxygen atoms in total. The van der Waals surface area contributed by atoms with Crippen LogP contribution in [0.2, 0.25) is 0 Å². The van der Waals surface area contributed by atoms with E-state index >= 15 is 0 Å². The number of hydrogen-bond donors (Lipinski definition) is 4. The van der Waals surface area contributed by atoms with E-state index in [1.807, 2.05) is 43.3 Å². The Bertz CT molecular complexity index is 1570. The Hall–Kier alpha value is -4.00. The summed E-state index contributed by atoms with van der Waals surface area (Å²) < 4.78 is 5.88. The average Bonchev–Trinajstić information content (AvgIpc) is 3.44. The van der Waals surface area contributed by atoms with Gasteiger partial charge in [0.2, 0.25) is 11.8 Å². The number of carbonyl (C=O) groups is 3. The van der Waals surface area contributed by atoms with Crippen molar-refractivity contribution in [1.29, 1.82) is 0 Å². The molecular formula is C34H45N7O4S. The van der Waals surface area contributed by atoms with Gasteiger partial charge in [-0.05, 0) is 61.6 Å². The summed E-state index contributed by atoms with van der Waals surface area (Å²) in [6.45, 7) is 17.9. The van der Waals surface area contributed by atoms with Gasteiger partial charge in [0.05, 0.1) is 5.56 Å². The number of carbonyl (C=O) groups excluding carboxylic acids is 3. The highest BCUT2D eigenvalue weighted by Crippen LogP contribution is 2.38. The number of hydrogen-bond acceptors (Lipinski definition) is 8. The van der Waals surface area contributed by atoms with E-state index in [4.69, 9.17) is 4.74 Å². The first kappa shape index (κ1) is 33.4. The first-order valence-corrected chi connectivity index (χ1v) is 16.6. The van der Waals surface area contributed by atoms with Crippen molar-refractivity contribution in [2.24, 2.45) is 0 Å². The summed E-state index contributed by atoms with van der Waals surface area (Å²) >= 11 is 1.37. The molecule has 2 aliphatic heterocycles.